The normalized spacial score (nSPS) is 15.4. The van der Waals surface area contributed by atoms with Crippen molar-refractivity contribution in [2.45, 2.75) is 6.54 Å². The molecule has 3 rings (SSSR count). The topological polar surface area (TPSA) is 110 Å². The predicted molar refractivity (Wildman–Crippen MR) is 99.3 cm³/mol. The van der Waals surface area contributed by atoms with Crippen LogP contribution in [0.4, 0.5) is 10.5 Å². The van der Waals surface area contributed by atoms with Gasteiger partial charge in [0, 0.05) is 12.1 Å². The van der Waals surface area contributed by atoms with Crippen molar-refractivity contribution in [3.63, 3.8) is 0 Å². The average Bonchev–Trinajstić information content (AvgIpc) is 2.91. The van der Waals surface area contributed by atoms with Crippen LogP contribution >= 0.6 is 11.8 Å². The number of phenolic OH excluding ortho intramolecular Hbond substituents is 1. The zero-order valence-corrected chi connectivity index (χ0v) is 14.9. The van der Waals surface area contributed by atoms with Crippen LogP contribution < -0.4 is 4.74 Å². The van der Waals surface area contributed by atoms with Crippen molar-refractivity contribution in [2.75, 3.05) is 7.11 Å². The fourth-order valence-corrected chi connectivity index (χ4v) is 3.36. The van der Waals surface area contributed by atoms with Crippen LogP contribution in [0.2, 0.25) is 0 Å². The van der Waals surface area contributed by atoms with Crippen LogP contribution in [0, 0.1) is 10.1 Å². The van der Waals surface area contributed by atoms with E-state index in [4.69, 9.17) is 4.74 Å². The number of carbonyl (C=O) groups excluding carboxylic acids is 2. The minimum Gasteiger partial charge on any atom is -0.504 e. The Morgan fingerprint density at radius 3 is 2.74 bits per heavy atom. The monoisotopic (exact) mass is 386 g/mol. The van der Waals surface area contributed by atoms with Gasteiger partial charge in [-0.05, 0) is 41.1 Å². The second-order valence-electron chi connectivity index (χ2n) is 5.63. The Morgan fingerprint density at radius 1 is 1.26 bits per heavy atom. The Labute approximate surface area is 158 Å². The highest BCUT2D eigenvalue weighted by molar-refractivity contribution is 8.18. The molecule has 2 amide bonds. The summed E-state index contributed by atoms with van der Waals surface area (Å²) < 4.78 is 5.03. The summed E-state index contributed by atoms with van der Waals surface area (Å²) in [4.78, 5) is 36.4. The average molecular weight is 386 g/mol. The third kappa shape index (κ3) is 3.93. The summed E-state index contributed by atoms with van der Waals surface area (Å²) in [6.45, 7) is -0.0530. The second kappa shape index (κ2) is 7.50. The lowest BCUT2D eigenvalue weighted by Gasteiger charge is -2.12. The number of rotatable bonds is 5. The van der Waals surface area contributed by atoms with Crippen molar-refractivity contribution in [3.05, 3.63) is 68.6 Å². The number of ether oxygens (including phenoxy) is 1. The number of amides is 2. The number of nitro benzene ring substituents is 1. The number of carbonyl (C=O) groups is 2. The Kier molecular flexibility index (Phi) is 5.13. The van der Waals surface area contributed by atoms with E-state index in [9.17, 15) is 24.8 Å². The van der Waals surface area contributed by atoms with Gasteiger partial charge in [0.15, 0.2) is 11.5 Å². The first kappa shape index (κ1) is 18.5. The van der Waals surface area contributed by atoms with Gasteiger partial charge in [-0.15, -0.1) is 0 Å². The molecule has 1 heterocycles. The molecule has 2 aromatic carbocycles. The largest absolute Gasteiger partial charge is 0.504 e. The van der Waals surface area contributed by atoms with Gasteiger partial charge in [-0.25, -0.2) is 0 Å². The van der Waals surface area contributed by atoms with Gasteiger partial charge >= 0.3 is 0 Å². The highest BCUT2D eigenvalue weighted by Gasteiger charge is 2.35. The molecular formula is C18H14N2O6S. The number of aromatic hydroxyl groups is 1. The van der Waals surface area contributed by atoms with Gasteiger partial charge in [0.1, 0.15) is 0 Å². The predicted octanol–water partition coefficient (Wildman–Crippen LogP) is 3.55. The fourth-order valence-electron chi connectivity index (χ4n) is 2.52. The molecule has 0 aliphatic carbocycles. The van der Waals surface area contributed by atoms with Gasteiger partial charge in [0.05, 0.1) is 23.5 Å². The molecule has 0 aromatic heterocycles. The number of phenols is 1. The Balaban J connectivity index is 1.83. The first-order valence-corrected chi connectivity index (χ1v) is 8.56. The van der Waals surface area contributed by atoms with Gasteiger partial charge in [-0.3, -0.25) is 24.6 Å². The Morgan fingerprint density at radius 2 is 2.04 bits per heavy atom. The molecular weight excluding hydrogens is 372 g/mol. The summed E-state index contributed by atoms with van der Waals surface area (Å²) in [7, 11) is 1.41. The molecule has 1 fully saturated rings. The molecule has 0 spiro atoms. The zero-order chi connectivity index (χ0) is 19.6. The van der Waals surface area contributed by atoms with Crippen LogP contribution in [0.25, 0.3) is 6.08 Å². The molecule has 0 atom stereocenters. The van der Waals surface area contributed by atoms with Gasteiger partial charge < -0.3 is 9.84 Å². The molecule has 0 bridgehead atoms. The minimum atomic E-state index is -0.532. The van der Waals surface area contributed by atoms with E-state index >= 15 is 0 Å². The molecule has 1 aliphatic heterocycles. The van der Waals surface area contributed by atoms with E-state index in [1.54, 1.807) is 18.2 Å². The lowest BCUT2D eigenvalue weighted by Crippen LogP contribution is -2.27. The van der Waals surface area contributed by atoms with E-state index in [2.05, 4.69) is 0 Å². The number of benzene rings is 2. The molecule has 1 aliphatic rings. The molecule has 1 saturated heterocycles. The van der Waals surface area contributed by atoms with Gasteiger partial charge in [0.2, 0.25) is 0 Å². The number of nitro groups is 1. The number of hydrogen-bond donors (Lipinski definition) is 1. The SMILES string of the molecule is COc1cc(/C=C2\SC(=O)N(Cc3cccc([N+](=O)[O-])c3)C2=O)ccc1O. The van der Waals surface area contributed by atoms with Crippen LogP contribution in [0.1, 0.15) is 11.1 Å². The molecule has 0 radical (unpaired) electrons. The maximum Gasteiger partial charge on any atom is 0.293 e. The summed E-state index contributed by atoms with van der Waals surface area (Å²) in [5, 5.41) is 20.0. The first-order chi connectivity index (χ1) is 12.9. The lowest BCUT2D eigenvalue weighted by atomic mass is 10.1. The molecule has 0 unspecified atom stereocenters. The van der Waals surface area contributed by atoms with E-state index in [1.165, 1.54) is 37.5 Å². The van der Waals surface area contributed by atoms with Crippen LogP contribution in [0.3, 0.4) is 0 Å². The molecule has 8 nitrogen and oxygen atoms in total. The summed E-state index contributed by atoms with van der Waals surface area (Å²) in [6, 6.07) is 10.4. The van der Waals surface area contributed by atoms with E-state index in [1.807, 2.05) is 0 Å². The highest BCUT2D eigenvalue weighted by Crippen LogP contribution is 2.35. The number of imide groups is 1. The van der Waals surface area contributed by atoms with E-state index in [0.717, 1.165) is 16.7 Å². The van der Waals surface area contributed by atoms with E-state index in [0.29, 0.717) is 11.1 Å². The highest BCUT2D eigenvalue weighted by atomic mass is 32.2. The number of hydrogen-bond acceptors (Lipinski definition) is 7. The Bertz CT molecular complexity index is 972. The fraction of sp³-hybridized carbons (Fsp3) is 0.111. The second-order valence-corrected chi connectivity index (χ2v) is 6.62. The van der Waals surface area contributed by atoms with Crippen LogP contribution in [0.5, 0.6) is 11.5 Å². The molecule has 0 saturated carbocycles. The third-order valence-corrected chi connectivity index (χ3v) is 4.74. The van der Waals surface area contributed by atoms with Crippen molar-refractivity contribution in [2.24, 2.45) is 0 Å². The number of non-ortho nitro benzene ring substituents is 1. The molecule has 27 heavy (non-hydrogen) atoms. The number of nitrogens with zero attached hydrogens (tertiary/aromatic N) is 2. The Hall–Kier alpha value is -3.33. The smallest absolute Gasteiger partial charge is 0.293 e. The summed E-state index contributed by atoms with van der Waals surface area (Å²) in [5.41, 5.74) is 0.968. The van der Waals surface area contributed by atoms with Crippen molar-refractivity contribution in [3.8, 4) is 11.5 Å². The van der Waals surface area contributed by atoms with Gasteiger partial charge in [0.25, 0.3) is 16.8 Å². The van der Waals surface area contributed by atoms with E-state index < -0.39 is 16.1 Å². The number of methoxy groups -OCH3 is 1. The van der Waals surface area contributed by atoms with Crippen molar-refractivity contribution < 1.29 is 24.4 Å². The zero-order valence-electron chi connectivity index (χ0n) is 14.1. The van der Waals surface area contributed by atoms with E-state index in [-0.39, 0.29) is 28.6 Å². The molecule has 2 aromatic rings. The van der Waals surface area contributed by atoms with Crippen LogP contribution in [-0.4, -0.2) is 33.2 Å². The van der Waals surface area contributed by atoms with Gasteiger partial charge in [-0.2, -0.15) is 0 Å². The maximum atomic E-state index is 12.6. The molecule has 9 heteroatoms. The van der Waals surface area contributed by atoms with Crippen molar-refractivity contribution >= 4 is 34.7 Å². The minimum absolute atomic E-state index is 0.0339. The summed E-state index contributed by atoms with van der Waals surface area (Å²) >= 11 is 0.785. The van der Waals surface area contributed by atoms with Crippen LogP contribution in [0.15, 0.2) is 47.4 Å². The molecule has 138 valence electrons. The lowest BCUT2D eigenvalue weighted by molar-refractivity contribution is -0.384. The first-order valence-electron chi connectivity index (χ1n) is 7.74. The standard InChI is InChI=1S/C18H14N2O6S/c1-26-15-8-11(5-6-14(15)21)9-16-17(22)19(18(23)27-16)10-12-3-2-4-13(7-12)20(24)25/h2-9,21H,10H2,1H3/b16-9-. The number of thioether (sulfide) groups is 1. The summed E-state index contributed by atoms with van der Waals surface area (Å²) in [6.07, 6.45) is 1.53. The van der Waals surface area contributed by atoms with Gasteiger partial charge in [-0.1, -0.05) is 18.2 Å². The summed E-state index contributed by atoms with van der Waals surface area (Å²) in [5.74, 6) is -0.267. The van der Waals surface area contributed by atoms with Crippen molar-refractivity contribution in [1.29, 1.82) is 0 Å². The molecule has 1 N–H and O–H groups in total. The quantitative estimate of drug-likeness (QED) is 0.475. The van der Waals surface area contributed by atoms with Crippen molar-refractivity contribution in [1.82, 2.24) is 4.90 Å². The van der Waals surface area contributed by atoms with Crippen LogP contribution in [-0.2, 0) is 11.3 Å². The third-order valence-electron chi connectivity index (χ3n) is 3.84. The maximum absolute atomic E-state index is 12.6.